The number of aliphatic hydroxyl groups is 1. The zero-order valence-electron chi connectivity index (χ0n) is 21.2. The molecule has 0 aromatic heterocycles. The van der Waals surface area contributed by atoms with Crippen molar-refractivity contribution in [2.75, 3.05) is 21.0 Å². The topological polar surface area (TPSA) is 121 Å². The quantitative estimate of drug-likeness (QED) is 0.273. The lowest BCUT2D eigenvalue weighted by Gasteiger charge is -2.22. The van der Waals surface area contributed by atoms with E-state index in [0.29, 0.717) is 66.9 Å². The lowest BCUT2D eigenvalue weighted by Crippen LogP contribution is -2.14. The number of hydrogen-bond donors (Lipinski definition) is 2. The molecule has 0 aliphatic carbocycles. The van der Waals surface area contributed by atoms with Crippen molar-refractivity contribution < 1.29 is 33.9 Å². The Bertz CT molecular complexity index is 1940. The average molecular weight is 517 g/mol. The Morgan fingerprint density at radius 2 is 1.47 bits per heavy atom. The Morgan fingerprint density at radius 3 is 2.05 bits per heavy atom. The van der Waals surface area contributed by atoms with E-state index >= 15 is 0 Å². The van der Waals surface area contributed by atoms with Crippen molar-refractivity contribution in [3.05, 3.63) is 43.7 Å². The summed E-state index contributed by atoms with van der Waals surface area (Å²) in [6.07, 6.45) is -0.674. The lowest BCUT2D eigenvalue weighted by molar-refractivity contribution is 0.125. The first-order valence-electron chi connectivity index (χ1n) is 12.4. The van der Waals surface area contributed by atoms with E-state index in [4.69, 9.17) is 23.7 Å². The molecule has 5 aromatic rings. The molecule has 2 heterocycles. The molecule has 2 N–H and O–H groups in total. The van der Waals surface area contributed by atoms with E-state index in [1.165, 1.54) is 14.2 Å². The van der Waals surface area contributed by atoms with Crippen LogP contribution in [-0.4, -0.2) is 43.4 Å². The molecule has 5 aromatic carbocycles. The van der Waals surface area contributed by atoms with Crippen molar-refractivity contribution in [3.63, 3.8) is 0 Å². The molecule has 0 spiro atoms. The third-order valence-corrected chi connectivity index (χ3v) is 7.73. The van der Waals surface area contributed by atoms with Crippen molar-refractivity contribution in [2.45, 2.75) is 38.9 Å². The molecule has 0 radical (unpaired) electrons. The Kier molecular flexibility index (Phi) is 4.61. The summed E-state index contributed by atoms with van der Waals surface area (Å²) in [6.45, 7) is 3.35. The monoisotopic (exact) mass is 516 g/mol. The van der Waals surface area contributed by atoms with E-state index in [1.807, 2.05) is 6.92 Å². The molecule has 9 heteroatoms. The average Bonchev–Trinajstić information content (AvgIpc) is 3.19. The fourth-order valence-corrected chi connectivity index (χ4v) is 6.36. The molecular formula is C29H24O9. The fourth-order valence-electron chi connectivity index (χ4n) is 6.36. The van der Waals surface area contributed by atoms with Gasteiger partial charge in [-0.3, -0.25) is 9.59 Å². The van der Waals surface area contributed by atoms with Crippen LogP contribution < -0.4 is 34.5 Å². The van der Waals surface area contributed by atoms with E-state index in [1.54, 1.807) is 19.1 Å². The molecule has 2 aliphatic rings. The maximum absolute atomic E-state index is 13.9. The molecular weight excluding hydrogens is 492 g/mol. The summed E-state index contributed by atoms with van der Waals surface area (Å²) in [5.74, 6) is 1.16. The third-order valence-electron chi connectivity index (χ3n) is 7.73. The van der Waals surface area contributed by atoms with Crippen LogP contribution in [0, 0.1) is 0 Å². The number of aliphatic hydroxyl groups excluding tert-OH is 1. The number of phenols is 1. The van der Waals surface area contributed by atoms with E-state index in [0.717, 1.165) is 0 Å². The van der Waals surface area contributed by atoms with Gasteiger partial charge in [0.2, 0.25) is 17.7 Å². The zero-order chi connectivity index (χ0) is 26.6. The summed E-state index contributed by atoms with van der Waals surface area (Å²) in [6, 6.07) is 3.26. The number of phenolic OH excluding ortho intramolecular Hbond substituents is 1. The van der Waals surface area contributed by atoms with E-state index < -0.39 is 17.3 Å². The summed E-state index contributed by atoms with van der Waals surface area (Å²) in [4.78, 5) is 27.6. The first-order valence-corrected chi connectivity index (χ1v) is 12.4. The van der Waals surface area contributed by atoms with Crippen LogP contribution >= 0.6 is 0 Å². The van der Waals surface area contributed by atoms with Gasteiger partial charge >= 0.3 is 0 Å². The molecule has 9 nitrogen and oxygen atoms in total. The molecule has 0 unspecified atom stereocenters. The van der Waals surface area contributed by atoms with Crippen LogP contribution in [0.15, 0.2) is 21.7 Å². The van der Waals surface area contributed by atoms with Crippen molar-refractivity contribution in [1.29, 1.82) is 0 Å². The summed E-state index contributed by atoms with van der Waals surface area (Å²) in [5, 5.41) is 25.7. The smallest absolute Gasteiger partial charge is 0.232 e. The van der Waals surface area contributed by atoms with Crippen LogP contribution in [0.4, 0.5) is 0 Å². The predicted molar refractivity (Wildman–Crippen MR) is 141 cm³/mol. The number of ether oxygens (including phenoxy) is 5. The number of fused-ring (bicyclic) bond motifs is 3. The standard InChI is InChI=1S/C29H24O9/c1-10(30)5-12-18-19-13-6-11(2)38-29(13)28(33)23-15(35-4)8-17-21(25(19)23)20-16(36-9-37-17)7-14(34-3)22(24(18)20)27(32)26(12)31/h7-8,10-11,30-31H,5-6,9H2,1-4H3/t10-,11-/m1/s1. The van der Waals surface area contributed by atoms with Gasteiger partial charge in [-0.15, -0.1) is 0 Å². The minimum absolute atomic E-state index is 0.00759. The van der Waals surface area contributed by atoms with Crippen molar-refractivity contribution >= 4 is 43.1 Å². The summed E-state index contributed by atoms with van der Waals surface area (Å²) >= 11 is 0. The van der Waals surface area contributed by atoms with E-state index in [-0.39, 0.29) is 47.2 Å². The molecule has 194 valence electrons. The Balaban J connectivity index is 1.94. The fraction of sp³-hybridized carbons (Fsp3) is 0.310. The second kappa shape index (κ2) is 7.64. The van der Waals surface area contributed by atoms with Crippen LogP contribution in [0.3, 0.4) is 0 Å². The molecule has 0 saturated heterocycles. The second-order valence-electron chi connectivity index (χ2n) is 10.0. The predicted octanol–water partition coefficient (Wildman–Crippen LogP) is 3.59. The molecule has 7 rings (SSSR count). The largest absolute Gasteiger partial charge is 0.504 e. The van der Waals surface area contributed by atoms with Crippen LogP contribution in [-0.2, 0) is 12.8 Å². The number of hydrogen-bond acceptors (Lipinski definition) is 9. The van der Waals surface area contributed by atoms with Crippen LogP contribution in [0.2, 0.25) is 0 Å². The highest BCUT2D eigenvalue weighted by molar-refractivity contribution is 6.38. The molecule has 0 saturated carbocycles. The molecule has 0 amide bonds. The lowest BCUT2D eigenvalue weighted by atomic mass is 9.82. The molecule has 0 bridgehead atoms. The summed E-state index contributed by atoms with van der Waals surface area (Å²) in [5.41, 5.74) is 0.0526. The normalized spacial score (nSPS) is 17.0. The maximum atomic E-state index is 13.9. The van der Waals surface area contributed by atoms with Gasteiger partial charge in [0.25, 0.3) is 0 Å². The Hall–Kier alpha value is -4.24. The first kappa shape index (κ1) is 22.9. The van der Waals surface area contributed by atoms with Crippen molar-refractivity contribution in [3.8, 4) is 34.5 Å². The highest BCUT2D eigenvalue weighted by Gasteiger charge is 2.35. The van der Waals surface area contributed by atoms with Crippen LogP contribution in [0.5, 0.6) is 34.5 Å². The van der Waals surface area contributed by atoms with E-state index in [9.17, 15) is 19.8 Å². The SMILES string of the molecule is COc1cc2c3c4c(cc(OC)c5c(=O)c6c(c(c7c(C[C@@H](C)O)c(O)c(=O)c1c37)c54)C[C@@H](C)O6)OCO2. The first-order chi connectivity index (χ1) is 18.3. The van der Waals surface area contributed by atoms with Crippen molar-refractivity contribution in [1.82, 2.24) is 0 Å². The number of benzene rings is 5. The zero-order valence-corrected chi connectivity index (χ0v) is 21.2. The van der Waals surface area contributed by atoms with Crippen LogP contribution in [0.25, 0.3) is 43.1 Å². The molecule has 2 atom stereocenters. The van der Waals surface area contributed by atoms with Crippen LogP contribution in [0.1, 0.15) is 25.0 Å². The van der Waals surface area contributed by atoms with Gasteiger partial charge in [-0.2, -0.15) is 0 Å². The van der Waals surface area contributed by atoms with Gasteiger partial charge in [0.15, 0.2) is 11.5 Å². The minimum atomic E-state index is -0.863. The van der Waals surface area contributed by atoms with Gasteiger partial charge in [0.1, 0.15) is 29.1 Å². The second-order valence-corrected chi connectivity index (χ2v) is 10.0. The Labute approximate surface area is 215 Å². The molecule has 0 fully saturated rings. The van der Waals surface area contributed by atoms with Crippen molar-refractivity contribution in [2.24, 2.45) is 0 Å². The Morgan fingerprint density at radius 1 is 0.895 bits per heavy atom. The third kappa shape index (κ3) is 2.69. The molecule has 38 heavy (non-hydrogen) atoms. The molecule has 2 aliphatic heterocycles. The van der Waals surface area contributed by atoms with Gasteiger partial charge in [-0.25, -0.2) is 0 Å². The maximum Gasteiger partial charge on any atom is 0.232 e. The highest BCUT2D eigenvalue weighted by Crippen LogP contribution is 2.55. The summed E-state index contributed by atoms with van der Waals surface area (Å²) < 4.78 is 29.3. The van der Waals surface area contributed by atoms with Gasteiger partial charge < -0.3 is 33.9 Å². The minimum Gasteiger partial charge on any atom is -0.504 e. The number of rotatable bonds is 4. The summed E-state index contributed by atoms with van der Waals surface area (Å²) in [7, 11) is 2.93. The van der Waals surface area contributed by atoms with Gasteiger partial charge in [-0.05, 0) is 24.6 Å². The van der Waals surface area contributed by atoms with Gasteiger partial charge in [0, 0.05) is 57.6 Å². The van der Waals surface area contributed by atoms with Gasteiger partial charge in [0.05, 0.1) is 31.1 Å². The number of aromatic hydroxyl groups is 1. The number of methoxy groups -OCH3 is 2. The highest BCUT2D eigenvalue weighted by atomic mass is 16.7. The van der Waals surface area contributed by atoms with E-state index in [2.05, 4.69) is 0 Å². The van der Waals surface area contributed by atoms with Gasteiger partial charge in [-0.1, -0.05) is 0 Å².